The van der Waals surface area contributed by atoms with Gasteiger partial charge in [-0.2, -0.15) is 0 Å². The molecule has 0 saturated heterocycles. The lowest BCUT2D eigenvalue weighted by molar-refractivity contribution is -0.384. The molecule has 18 heavy (non-hydrogen) atoms. The maximum Gasteiger partial charge on any atom is 0.311 e. The molecule has 1 unspecified atom stereocenters. The Bertz CT molecular complexity index is 410. The highest BCUT2D eigenvalue weighted by Gasteiger charge is 2.14. The van der Waals surface area contributed by atoms with Gasteiger partial charge in [0.15, 0.2) is 0 Å². The van der Waals surface area contributed by atoms with Crippen molar-refractivity contribution in [3.63, 3.8) is 0 Å². The molecule has 0 aromatic carbocycles. The second-order valence-electron chi connectivity index (χ2n) is 4.49. The molecule has 6 nitrogen and oxygen atoms in total. The van der Waals surface area contributed by atoms with Gasteiger partial charge in [0.2, 0.25) is 5.82 Å². The molecule has 0 radical (unpaired) electrons. The van der Waals surface area contributed by atoms with E-state index in [4.69, 9.17) is 5.11 Å². The van der Waals surface area contributed by atoms with E-state index in [1.165, 1.54) is 6.07 Å². The molecule has 0 fully saturated rings. The molecule has 0 aliphatic rings. The number of nitrogens with zero attached hydrogens (tertiary/aromatic N) is 2. The minimum Gasteiger partial charge on any atom is -0.396 e. The van der Waals surface area contributed by atoms with Crippen molar-refractivity contribution < 1.29 is 10.0 Å². The Kier molecular flexibility index (Phi) is 5.51. The maximum absolute atomic E-state index is 10.9. The van der Waals surface area contributed by atoms with Crippen LogP contribution in [0.3, 0.4) is 0 Å². The van der Waals surface area contributed by atoms with Gasteiger partial charge >= 0.3 is 5.69 Å². The van der Waals surface area contributed by atoms with Gasteiger partial charge < -0.3 is 10.4 Å². The molecule has 6 heteroatoms. The molecule has 0 bridgehead atoms. The average molecular weight is 253 g/mol. The Balaban J connectivity index is 2.54. The molecule has 100 valence electrons. The summed E-state index contributed by atoms with van der Waals surface area (Å²) in [5, 5.41) is 22.7. The van der Waals surface area contributed by atoms with Crippen LogP contribution >= 0.6 is 0 Å². The average Bonchev–Trinajstić information content (AvgIpc) is 2.35. The van der Waals surface area contributed by atoms with E-state index < -0.39 is 4.92 Å². The van der Waals surface area contributed by atoms with Gasteiger partial charge in [-0.1, -0.05) is 6.92 Å². The van der Waals surface area contributed by atoms with Crippen molar-refractivity contribution in [2.75, 3.05) is 18.5 Å². The number of nitro groups is 1. The Morgan fingerprint density at radius 3 is 2.94 bits per heavy atom. The third kappa shape index (κ3) is 4.29. The topological polar surface area (TPSA) is 88.3 Å². The first-order valence-corrected chi connectivity index (χ1v) is 6.00. The smallest absolute Gasteiger partial charge is 0.311 e. The van der Waals surface area contributed by atoms with Crippen LogP contribution in [0.5, 0.6) is 0 Å². The van der Waals surface area contributed by atoms with E-state index in [9.17, 15) is 10.1 Å². The highest BCUT2D eigenvalue weighted by Crippen LogP contribution is 2.22. The first-order valence-electron chi connectivity index (χ1n) is 6.00. The molecule has 0 amide bonds. The second kappa shape index (κ2) is 6.90. The van der Waals surface area contributed by atoms with Crippen LogP contribution in [0, 0.1) is 23.0 Å². The highest BCUT2D eigenvalue weighted by atomic mass is 16.6. The van der Waals surface area contributed by atoms with Crippen LogP contribution in [0.1, 0.15) is 25.3 Å². The summed E-state index contributed by atoms with van der Waals surface area (Å²) < 4.78 is 0. The van der Waals surface area contributed by atoms with Gasteiger partial charge in [0, 0.05) is 25.4 Å². The van der Waals surface area contributed by atoms with E-state index in [1.54, 1.807) is 13.1 Å². The number of aromatic nitrogens is 1. The zero-order valence-corrected chi connectivity index (χ0v) is 10.7. The van der Waals surface area contributed by atoms with Crippen molar-refractivity contribution in [1.29, 1.82) is 0 Å². The van der Waals surface area contributed by atoms with Crippen LogP contribution in [0.25, 0.3) is 0 Å². The summed E-state index contributed by atoms with van der Waals surface area (Å²) in [5.74, 6) is 0.565. The summed E-state index contributed by atoms with van der Waals surface area (Å²) in [6.45, 7) is 4.52. The highest BCUT2D eigenvalue weighted by molar-refractivity contribution is 5.56. The Hall–Kier alpha value is -1.69. The number of hydrogen-bond acceptors (Lipinski definition) is 5. The number of anilines is 1. The van der Waals surface area contributed by atoms with Crippen LogP contribution in [0.4, 0.5) is 11.5 Å². The number of rotatable bonds is 7. The molecule has 0 aliphatic heterocycles. The Morgan fingerprint density at radius 2 is 2.33 bits per heavy atom. The summed E-state index contributed by atoms with van der Waals surface area (Å²) in [7, 11) is 0. The van der Waals surface area contributed by atoms with Gasteiger partial charge in [0.1, 0.15) is 0 Å². The molecule has 1 heterocycles. The maximum atomic E-state index is 10.9. The van der Waals surface area contributed by atoms with Crippen LogP contribution in [0.2, 0.25) is 0 Å². The fraction of sp³-hybridized carbons (Fsp3) is 0.583. The van der Waals surface area contributed by atoms with Crippen molar-refractivity contribution in [2.45, 2.75) is 26.7 Å². The molecule has 0 aliphatic carbocycles. The predicted octanol–water partition coefficient (Wildman–Crippen LogP) is 2.12. The lowest BCUT2D eigenvalue weighted by atomic mass is 10.1. The normalized spacial score (nSPS) is 12.2. The van der Waals surface area contributed by atoms with Gasteiger partial charge in [0.05, 0.1) is 4.92 Å². The summed E-state index contributed by atoms with van der Waals surface area (Å²) in [5.41, 5.74) is 0.770. The molecule has 1 aromatic heterocycles. The van der Waals surface area contributed by atoms with E-state index in [2.05, 4.69) is 10.3 Å². The second-order valence-corrected chi connectivity index (χ2v) is 4.49. The molecular formula is C12H19N3O3. The molecule has 2 N–H and O–H groups in total. The quantitative estimate of drug-likeness (QED) is 0.441. The van der Waals surface area contributed by atoms with E-state index >= 15 is 0 Å². The molecule has 0 saturated carbocycles. The van der Waals surface area contributed by atoms with Gasteiger partial charge in [-0.3, -0.25) is 10.1 Å². The fourth-order valence-corrected chi connectivity index (χ4v) is 1.58. The van der Waals surface area contributed by atoms with E-state index in [-0.39, 0.29) is 18.2 Å². The fourth-order valence-electron chi connectivity index (χ4n) is 1.58. The summed E-state index contributed by atoms with van der Waals surface area (Å²) >= 11 is 0. The number of hydrogen-bond donors (Lipinski definition) is 2. The van der Waals surface area contributed by atoms with Gasteiger partial charge in [0.25, 0.3) is 0 Å². The van der Waals surface area contributed by atoms with Crippen LogP contribution in [-0.4, -0.2) is 28.2 Å². The minimum atomic E-state index is -0.432. The Morgan fingerprint density at radius 1 is 1.61 bits per heavy atom. The van der Waals surface area contributed by atoms with E-state index in [0.717, 1.165) is 18.4 Å². The van der Waals surface area contributed by atoms with Crippen molar-refractivity contribution >= 4 is 11.5 Å². The number of aliphatic hydroxyl groups is 1. The van der Waals surface area contributed by atoms with Gasteiger partial charge in [-0.25, -0.2) is 4.98 Å². The summed E-state index contributed by atoms with van der Waals surface area (Å²) in [4.78, 5) is 14.5. The third-order valence-electron chi connectivity index (χ3n) is 2.68. The van der Waals surface area contributed by atoms with E-state index in [1.807, 2.05) is 6.92 Å². The number of aryl methyl sites for hydroxylation is 1. The predicted molar refractivity (Wildman–Crippen MR) is 69.6 cm³/mol. The first-order chi connectivity index (χ1) is 8.54. The van der Waals surface area contributed by atoms with Gasteiger partial charge in [-0.15, -0.1) is 0 Å². The van der Waals surface area contributed by atoms with Crippen molar-refractivity contribution in [2.24, 2.45) is 5.92 Å². The Labute approximate surface area is 106 Å². The number of pyridine rings is 1. The summed E-state index contributed by atoms with van der Waals surface area (Å²) in [6.07, 6.45) is 3.32. The lowest BCUT2D eigenvalue weighted by Gasteiger charge is -2.09. The monoisotopic (exact) mass is 253 g/mol. The number of aliphatic hydroxyl groups excluding tert-OH is 1. The SMILES string of the molecule is Cc1cnc(NCCCC(C)CO)c([N+](=O)[O-])c1. The first kappa shape index (κ1) is 14.4. The molecule has 1 rings (SSSR count). The van der Waals surface area contributed by atoms with Crippen LogP contribution < -0.4 is 5.32 Å². The molecule has 0 spiro atoms. The van der Waals surface area contributed by atoms with Crippen LogP contribution in [0.15, 0.2) is 12.3 Å². The third-order valence-corrected chi connectivity index (χ3v) is 2.68. The largest absolute Gasteiger partial charge is 0.396 e. The molecule has 1 atom stereocenters. The van der Waals surface area contributed by atoms with E-state index in [0.29, 0.717) is 12.4 Å². The van der Waals surface area contributed by atoms with Crippen LogP contribution in [-0.2, 0) is 0 Å². The summed E-state index contributed by atoms with van der Waals surface area (Å²) in [6, 6.07) is 1.51. The zero-order chi connectivity index (χ0) is 13.5. The lowest BCUT2D eigenvalue weighted by Crippen LogP contribution is -2.09. The van der Waals surface area contributed by atoms with Crippen molar-refractivity contribution in [3.8, 4) is 0 Å². The number of nitrogens with one attached hydrogen (secondary N) is 1. The minimum absolute atomic E-state index is 0.00482. The standard InChI is InChI=1S/C12H19N3O3/c1-9(8-16)4-3-5-13-12-11(15(17)18)6-10(2)7-14-12/h6-7,9,16H,3-5,8H2,1-2H3,(H,13,14). The van der Waals surface area contributed by atoms with Gasteiger partial charge in [-0.05, 0) is 31.2 Å². The van der Waals surface area contributed by atoms with Crippen molar-refractivity contribution in [1.82, 2.24) is 4.98 Å². The zero-order valence-electron chi connectivity index (χ0n) is 10.7. The molecule has 1 aromatic rings. The molecular weight excluding hydrogens is 234 g/mol. The van der Waals surface area contributed by atoms with Crippen molar-refractivity contribution in [3.05, 3.63) is 27.9 Å².